The van der Waals surface area contributed by atoms with Crippen molar-refractivity contribution in [1.82, 2.24) is 4.90 Å². The lowest BCUT2D eigenvalue weighted by atomic mass is 9.89. The zero-order chi connectivity index (χ0) is 40.4. The number of anilines is 2. The molecule has 2 atom stereocenters. The Bertz CT molecular complexity index is 2180. The molecule has 3 aliphatic heterocycles. The molecule has 3 aliphatic rings. The highest BCUT2D eigenvalue weighted by Crippen LogP contribution is 2.50. The van der Waals surface area contributed by atoms with E-state index in [0.717, 1.165) is 50.3 Å². The molecule has 272 valence electrons. The normalized spacial score (nSPS) is 19.2. The van der Waals surface area contributed by atoms with Crippen molar-refractivity contribution in [2.24, 2.45) is 0 Å². The summed E-state index contributed by atoms with van der Waals surface area (Å²) in [5, 5.41) is 0. The third-order valence-corrected chi connectivity index (χ3v) is 11.0. The SMILES string of the molecule is Cc1ccc(S(=O)(=O)O)cc1.Cc1ccc(S(=O)(=O)O)cc1.[2H]c1c([2H])c(C(=O)CCCN2CC[C@H]3[C@@H](C2)c2cccc4c2N3CCN4C)c([2H])c([2H])c1F. The third kappa shape index (κ3) is 9.60. The van der Waals surface area contributed by atoms with Gasteiger partial charge in [0.25, 0.3) is 20.2 Å². The Hall–Kier alpha value is -4.14. The molecule has 0 unspecified atom stereocenters. The maximum atomic E-state index is 13.8. The summed E-state index contributed by atoms with van der Waals surface area (Å²) in [5.74, 6) is -1.23. The number of likely N-dealkylation sites (N-methyl/N-ethyl adjacent to an activating group) is 1. The molecular weight excluding hydrogens is 694 g/mol. The van der Waals surface area contributed by atoms with Crippen LogP contribution in [-0.4, -0.2) is 82.4 Å². The number of piperidine rings is 1. The van der Waals surface area contributed by atoms with E-state index in [4.69, 9.17) is 14.6 Å². The van der Waals surface area contributed by atoms with Crippen LogP contribution in [0.25, 0.3) is 0 Å². The molecule has 0 spiro atoms. The molecule has 0 saturated carbocycles. The van der Waals surface area contributed by atoms with Gasteiger partial charge in [0.05, 0.1) is 26.6 Å². The van der Waals surface area contributed by atoms with E-state index < -0.39 is 56.0 Å². The van der Waals surface area contributed by atoms with Crippen LogP contribution in [0.5, 0.6) is 0 Å². The van der Waals surface area contributed by atoms with E-state index in [-0.39, 0.29) is 21.8 Å². The highest BCUT2D eigenvalue weighted by molar-refractivity contribution is 7.86. The van der Waals surface area contributed by atoms with Crippen LogP contribution in [0.1, 0.15) is 57.7 Å². The Morgan fingerprint density at radius 1 is 0.843 bits per heavy atom. The predicted molar refractivity (Wildman–Crippen MR) is 197 cm³/mol. The molecule has 3 heterocycles. The number of carbonyl (C=O) groups excluding carboxylic acids is 1. The van der Waals surface area contributed by atoms with E-state index in [2.05, 4.69) is 39.9 Å². The van der Waals surface area contributed by atoms with Crippen LogP contribution in [0.15, 0.2) is 101 Å². The third-order valence-electron chi connectivity index (χ3n) is 9.27. The summed E-state index contributed by atoms with van der Waals surface area (Å²) in [6.45, 7) is 8.39. The molecule has 0 bridgehead atoms. The van der Waals surface area contributed by atoms with Crippen molar-refractivity contribution in [1.29, 1.82) is 0 Å². The van der Waals surface area contributed by atoms with Crippen LogP contribution in [0.3, 0.4) is 0 Å². The molecule has 0 aromatic heterocycles. The Labute approximate surface area is 305 Å². The molecular formula is C38H44FN3O7S2. The predicted octanol–water partition coefficient (Wildman–Crippen LogP) is 6.40. The number of Topliss-reactive ketones (excluding diaryl/α,β-unsaturated/α-hetero) is 1. The second-order valence-corrected chi connectivity index (χ2v) is 15.7. The maximum absolute atomic E-state index is 13.8. The number of benzene rings is 4. The van der Waals surface area contributed by atoms with Crippen molar-refractivity contribution in [3.05, 3.63) is 119 Å². The van der Waals surface area contributed by atoms with Gasteiger partial charge in [0.2, 0.25) is 0 Å². The van der Waals surface area contributed by atoms with Gasteiger partial charge in [-0.05, 0) is 93.3 Å². The highest BCUT2D eigenvalue weighted by Gasteiger charge is 2.44. The molecule has 0 amide bonds. The smallest absolute Gasteiger partial charge is 0.294 e. The number of nitrogens with zero attached hydrogens (tertiary/aromatic N) is 3. The molecule has 13 heteroatoms. The van der Waals surface area contributed by atoms with E-state index in [1.807, 2.05) is 13.8 Å². The first-order valence-corrected chi connectivity index (χ1v) is 19.4. The van der Waals surface area contributed by atoms with Gasteiger partial charge in [-0.3, -0.25) is 13.9 Å². The fraction of sp³-hybridized carbons (Fsp3) is 0.342. The molecule has 1 fully saturated rings. The number of ketones is 1. The minimum Gasteiger partial charge on any atom is -0.371 e. The van der Waals surface area contributed by atoms with Gasteiger partial charge in [0.1, 0.15) is 5.82 Å². The largest absolute Gasteiger partial charge is 0.371 e. The first-order chi connectivity index (χ1) is 25.8. The van der Waals surface area contributed by atoms with Gasteiger partial charge in [-0.2, -0.15) is 16.8 Å². The zero-order valence-electron chi connectivity index (χ0n) is 32.6. The van der Waals surface area contributed by atoms with Crippen LogP contribution in [0, 0.1) is 19.7 Å². The van der Waals surface area contributed by atoms with Crippen LogP contribution in [0.2, 0.25) is 0 Å². The van der Waals surface area contributed by atoms with Gasteiger partial charge in [-0.1, -0.05) is 47.5 Å². The van der Waals surface area contributed by atoms with Crippen molar-refractivity contribution in [3.8, 4) is 0 Å². The molecule has 0 radical (unpaired) electrons. The number of hydrogen-bond acceptors (Lipinski definition) is 8. The minimum absolute atomic E-state index is 0.0666. The lowest BCUT2D eigenvalue weighted by Crippen LogP contribution is -2.49. The molecule has 2 N–H and O–H groups in total. The number of carbonyl (C=O) groups is 1. The second-order valence-electron chi connectivity index (χ2n) is 12.9. The van der Waals surface area contributed by atoms with Crippen molar-refractivity contribution in [2.45, 2.75) is 54.9 Å². The molecule has 1 saturated heterocycles. The lowest BCUT2D eigenvalue weighted by Gasteiger charge is -2.41. The lowest BCUT2D eigenvalue weighted by molar-refractivity contribution is 0.0971. The van der Waals surface area contributed by atoms with E-state index in [1.54, 1.807) is 24.3 Å². The molecule has 10 nitrogen and oxygen atoms in total. The van der Waals surface area contributed by atoms with E-state index in [9.17, 15) is 26.0 Å². The molecule has 7 rings (SSSR count). The first kappa shape index (κ1) is 32.7. The van der Waals surface area contributed by atoms with Crippen molar-refractivity contribution < 1.29 is 40.6 Å². The van der Waals surface area contributed by atoms with Crippen LogP contribution >= 0.6 is 0 Å². The number of likely N-dealkylation sites (tertiary alicyclic amines) is 1. The molecule has 4 aromatic carbocycles. The highest BCUT2D eigenvalue weighted by atomic mass is 32.2. The maximum Gasteiger partial charge on any atom is 0.294 e. The monoisotopic (exact) mass is 741 g/mol. The molecule has 0 aliphatic carbocycles. The van der Waals surface area contributed by atoms with E-state index >= 15 is 0 Å². The quantitative estimate of drug-likeness (QED) is 0.162. The number of halogens is 1. The van der Waals surface area contributed by atoms with Gasteiger partial charge in [0.15, 0.2) is 5.78 Å². The Kier molecular flexibility index (Phi) is 10.3. The standard InChI is InChI=1S/C24H28FN3O.2C7H8O3S/c1-26-14-15-28-21-11-13-27(16-20(21)19-4-2-5-22(26)24(19)28)12-3-6-23(29)17-7-9-18(25)10-8-17;2*1-6-2-4-7(5-3-6)11(8,9)10/h2,4-5,7-10,20-21H,3,6,11-16H2,1H3;2*2-5H,1H3,(H,8,9,10)/t20-,21-;;/m0../s1/i7D,8D,9D,10D;;. The average Bonchev–Trinajstić information content (AvgIpc) is 3.45. The topological polar surface area (TPSA) is 136 Å². The number of aryl methyl sites for hydroxylation is 2. The van der Waals surface area contributed by atoms with Gasteiger partial charge in [-0.25, -0.2) is 4.39 Å². The Morgan fingerprint density at radius 2 is 1.41 bits per heavy atom. The number of fused-ring (bicyclic) bond motifs is 3. The van der Waals surface area contributed by atoms with Gasteiger partial charge in [-0.15, -0.1) is 0 Å². The van der Waals surface area contributed by atoms with E-state index in [1.165, 1.54) is 41.2 Å². The summed E-state index contributed by atoms with van der Waals surface area (Å²) >= 11 is 0. The Balaban J connectivity index is 0.000000215. The number of para-hydroxylation sites is 1. The van der Waals surface area contributed by atoms with Crippen molar-refractivity contribution in [2.75, 3.05) is 49.6 Å². The first-order valence-electron chi connectivity index (χ1n) is 18.5. The number of hydrogen-bond donors (Lipinski definition) is 2. The van der Waals surface area contributed by atoms with E-state index in [0.29, 0.717) is 18.4 Å². The van der Waals surface area contributed by atoms with Crippen molar-refractivity contribution >= 4 is 37.4 Å². The number of rotatable bonds is 7. The fourth-order valence-corrected chi connectivity index (χ4v) is 7.58. The molecule has 4 aromatic rings. The summed E-state index contributed by atoms with van der Waals surface area (Å²) in [6.07, 6.45) is 1.75. The van der Waals surface area contributed by atoms with Crippen LogP contribution < -0.4 is 9.80 Å². The summed E-state index contributed by atoms with van der Waals surface area (Å²) < 4.78 is 104. The zero-order valence-corrected chi connectivity index (χ0v) is 30.3. The minimum atomic E-state index is -4.02. The Morgan fingerprint density at radius 3 is 1.96 bits per heavy atom. The average molecular weight is 742 g/mol. The second kappa shape index (κ2) is 16.0. The van der Waals surface area contributed by atoms with Crippen LogP contribution in [-0.2, 0) is 20.2 Å². The summed E-state index contributed by atoms with van der Waals surface area (Å²) in [7, 11) is -5.89. The van der Waals surface area contributed by atoms with Gasteiger partial charge >= 0.3 is 0 Å². The molecule has 51 heavy (non-hydrogen) atoms. The van der Waals surface area contributed by atoms with Gasteiger partial charge in [0, 0.05) is 57.2 Å². The summed E-state index contributed by atoms with van der Waals surface area (Å²) in [6, 6.07) is 16.3. The van der Waals surface area contributed by atoms with Gasteiger partial charge < -0.3 is 14.7 Å². The summed E-state index contributed by atoms with van der Waals surface area (Å²) in [5.41, 5.74) is 5.72. The van der Waals surface area contributed by atoms with Crippen molar-refractivity contribution in [3.63, 3.8) is 0 Å². The fourth-order valence-electron chi connectivity index (χ4n) is 6.62. The van der Waals surface area contributed by atoms with Crippen LogP contribution in [0.4, 0.5) is 15.8 Å². The summed E-state index contributed by atoms with van der Waals surface area (Å²) in [4.78, 5) is 19.9.